The van der Waals surface area contributed by atoms with Gasteiger partial charge in [0.25, 0.3) is 0 Å². The van der Waals surface area contributed by atoms with E-state index in [1.807, 2.05) is 0 Å². The predicted octanol–water partition coefficient (Wildman–Crippen LogP) is 1.52. The molecule has 0 aliphatic carbocycles. The molecule has 1 aromatic carbocycles. The monoisotopic (exact) mass is 237 g/mol. The molecule has 0 amide bonds. The number of halogens is 1. The van der Waals surface area contributed by atoms with E-state index in [1.165, 1.54) is 30.1 Å². The number of rotatable bonds is 2. The molecule has 0 unspecified atom stereocenters. The van der Waals surface area contributed by atoms with Crippen LogP contribution in [0.1, 0.15) is 0 Å². The number of hydrogen-bond acceptors (Lipinski definition) is 4. The summed E-state index contributed by atoms with van der Waals surface area (Å²) in [7, 11) is 3.08. The van der Waals surface area contributed by atoms with Crippen molar-refractivity contribution in [2.24, 2.45) is 7.05 Å². The van der Waals surface area contributed by atoms with Crippen molar-refractivity contribution in [1.82, 2.24) is 9.78 Å². The molecule has 0 saturated carbocycles. The quantitative estimate of drug-likeness (QED) is 0.830. The molecule has 1 aromatic heterocycles. The molecule has 17 heavy (non-hydrogen) atoms. The Morgan fingerprint density at radius 3 is 2.65 bits per heavy atom. The second kappa shape index (κ2) is 3.97. The van der Waals surface area contributed by atoms with Crippen LogP contribution in [0, 0.1) is 5.82 Å². The van der Waals surface area contributed by atoms with Crippen molar-refractivity contribution in [2.75, 3.05) is 12.8 Å². The summed E-state index contributed by atoms with van der Waals surface area (Å²) in [6, 6.07) is 2.66. The maximum atomic E-state index is 13.8. The minimum absolute atomic E-state index is 0.160. The van der Waals surface area contributed by atoms with Gasteiger partial charge in [-0.05, 0) is 6.07 Å². The zero-order chi connectivity index (χ0) is 12.6. The number of hydrogen-bond donors (Lipinski definition) is 2. The molecule has 2 rings (SSSR count). The Hall–Kier alpha value is -2.24. The number of anilines is 1. The number of phenolic OH excluding ortho intramolecular Hbond substituents is 1. The van der Waals surface area contributed by atoms with E-state index in [9.17, 15) is 9.50 Å². The molecular weight excluding hydrogens is 225 g/mol. The summed E-state index contributed by atoms with van der Waals surface area (Å²) in [5.41, 5.74) is 6.33. The summed E-state index contributed by atoms with van der Waals surface area (Å²) in [6.07, 6.45) is 1.44. The Morgan fingerprint density at radius 1 is 1.41 bits per heavy atom. The molecule has 6 heteroatoms. The van der Waals surface area contributed by atoms with E-state index in [4.69, 9.17) is 10.5 Å². The van der Waals surface area contributed by atoms with Gasteiger partial charge in [-0.3, -0.25) is 4.68 Å². The van der Waals surface area contributed by atoms with E-state index >= 15 is 0 Å². The number of methoxy groups -OCH3 is 1. The minimum atomic E-state index is -0.745. The fraction of sp³-hybridized carbons (Fsp3) is 0.182. The molecule has 0 aliphatic rings. The maximum Gasteiger partial charge on any atom is 0.173 e. The second-order valence-corrected chi connectivity index (χ2v) is 3.58. The van der Waals surface area contributed by atoms with Crippen molar-refractivity contribution in [3.05, 3.63) is 24.1 Å². The lowest BCUT2D eigenvalue weighted by Gasteiger charge is -2.07. The summed E-state index contributed by atoms with van der Waals surface area (Å²) < 4.78 is 20.2. The number of ether oxygens (including phenoxy) is 1. The molecule has 90 valence electrons. The molecule has 0 saturated heterocycles. The molecule has 3 N–H and O–H groups in total. The van der Waals surface area contributed by atoms with Crippen molar-refractivity contribution in [3.8, 4) is 22.6 Å². The van der Waals surface area contributed by atoms with Gasteiger partial charge in [0.1, 0.15) is 11.6 Å². The third kappa shape index (κ3) is 1.77. The van der Waals surface area contributed by atoms with Crippen LogP contribution >= 0.6 is 0 Å². The number of nitrogens with two attached hydrogens (primary N) is 1. The molecule has 0 atom stereocenters. The number of aromatic hydroxyl groups is 1. The standard InChI is InChI=1S/C11H12FN3O2/c1-15-11(13)8(5-14-15)7-3-6(17-2)4-9(16)10(7)12/h3-5,16H,13H2,1-2H3. The van der Waals surface area contributed by atoms with Gasteiger partial charge in [-0.2, -0.15) is 5.10 Å². The van der Waals surface area contributed by atoms with E-state index < -0.39 is 11.6 Å². The van der Waals surface area contributed by atoms with Crippen LogP contribution in [0.3, 0.4) is 0 Å². The van der Waals surface area contributed by atoms with Gasteiger partial charge in [-0.25, -0.2) is 4.39 Å². The van der Waals surface area contributed by atoms with E-state index in [-0.39, 0.29) is 5.56 Å². The summed E-state index contributed by atoms with van der Waals surface area (Å²) in [4.78, 5) is 0. The highest BCUT2D eigenvalue weighted by Crippen LogP contribution is 2.35. The fourth-order valence-corrected chi connectivity index (χ4v) is 1.55. The van der Waals surface area contributed by atoms with Gasteiger partial charge in [0.15, 0.2) is 11.6 Å². The van der Waals surface area contributed by atoms with E-state index in [1.54, 1.807) is 7.05 Å². The Morgan fingerprint density at radius 2 is 2.12 bits per heavy atom. The van der Waals surface area contributed by atoms with Crippen molar-refractivity contribution >= 4 is 5.82 Å². The summed E-state index contributed by atoms with van der Waals surface area (Å²) in [5.74, 6) is -0.563. The SMILES string of the molecule is COc1cc(O)c(F)c(-c2cnn(C)c2N)c1. The Labute approximate surface area is 97.2 Å². The maximum absolute atomic E-state index is 13.8. The molecule has 0 radical (unpaired) electrons. The zero-order valence-corrected chi connectivity index (χ0v) is 9.44. The van der Waals surface area contributed by atoms with Crippen LogP contribution in [-0.4, -0.2) is 22.0 Å². The lowest BCUT2D eigenvalue weighted by atomic mass is 10.1. The van der Waals surface area contributed by atoms with Crippen LogP contribution in [0.15, 0.2) is 18.3 Å². The third-order valence-corrected chi connectivity index (χ3v) is 2.54. The van der Waals surface area contributed by atoms with Gasteiger partial charge >= 0.3 is 0 Å². The van der Waals surface area contributed by atoms with Crippen molar-refractivity contribution in [1.29, 1.82) is 0 Å². The van der Waals surface area contributed by atoms with Gasteiger partial charge < -0.3 is 15.6 Å². The number of aromatic nitrogens is 2. The first-order valence-corrected chi connectivity index (χ1v) is 4.89. The fourth-order valence-electron chi connectivity index (χ4n) is 1.55. The molecule has 5 nitrogen and oxygen atoms in total. The Kier molecular flexibility index (Phi) is 2.63. The number of nitrogens with zero attached hydrogens (tertiary/aromatic N) is 2. The van der Waals surface area contributed by atoms with E-state index in [2.05, 4.69) is 5.10 Å². The van der Waals surface area contributed by atoms with Gasteiger partial charge in [-0.1, -0.05) is 0 Å². The Balaban J connectivity index is 2.66. The number of phenols is 1. The molecule has 1 heterocycles. The predicted molar refractivity (Wildman–Crippen MR) is 61.2 cm³/mol. The van der Waals surface area contributed by atoms with Gasteiger partial charge in [0.05, 0.1) is 13.3 Å². The van der Waals surface area contributed by atoms with Crippen LogP contribution in [0.4, 0.5) is 10.2 Å². The molecular formula is C11H12FN3O2. The summed E-state index contributed by atoms with van der Waals surface area (Å²) in [6.45, 7) is 0. The zero-order valence-electron chi connectivity index (χ0n) is 9.44. The number of aryl methyl sites for hydroxylation is 1. The van der Waals surface area contributed by atoms with Crippen LogP contribution in [0.5, 0.6) is 11.5 Å². The highest BCUT2D eigenvalue weighted by atomic mass is 19.1. The average Bonchev–Trinajstić information content (AvgIpc) is 2.64. The summed E-state index contributed by atoms with van der Waals surface area (Å²) >= 11 is 0. The largest absolute Gasteiger partial charge is 0.505 e. The molecule has 0 fully saturated rings. The molecule has 2 aromatic rings. The first kappa shape index (κ1) is 11.3. The smallest absolute Gasteiger partial charge is 0.173 e. The molecule has 0 bridgehead atoms. The number of nitrogen functional groups attached to an aromatic ring is 1. The van der Waals surface area contributed by atoms with Crippen LogP contribution in [0.2, 0.25) is 0 Å². The highest BCUT2D eigenvalue weighted by Gasteiger charge is 2.16. The first-order valence-electron chi connectivity index (χ1n) is 4.89. The topological polar surface area (TPSA) is 73.3 Å². The number of benzene rings is 1. The lowest BCUT2D eigenvalue weighted by Crippen LogP contribution is -1.99. The molecule has 0 spiro atoms. The Bertz CT molecular complexity index is 566. The van der Waals surface area contributed by atoms with Crippen molar-refractivity contribution < 1.29 is 14.2 Å². The van der Waals surface area contributed by atoms with Crippen molar-refractivity contribution in [3.63, 3.8) is 0 Å². The van der Waals surface area contributed by atoms with Gasteiger partial charge in [0.2, 0.25) is 0 Å². The lowest BCUT2D eigenvalue weighted by molar-refractivity contribution is 0.398. The second-order valence-electron chi connectivity index (χ2n) is 3.58. The van der Waals surface area contributed by atoms with E-state index in [0.717, 1.165) is 0 Å². The van der Waals surface area contributed by atoms with Crippen molar-refractivity contribution in [2.45, 2.75) is 0 Å². The average molecular weight is 237 g/mol. The third-order valence-electron chi connectivity index (χ3n) is 2.54. The van der Waals surface area contributed by atoms with Crippen LogP contribution < -0.4 is 10.5 Å². The van der Waals surface area contributed by atoms with Crippen LogP contribution in [-0.2, 0) is 7.05 Å². The highest BCUT2D eigenvalue weighted by molar-refractivity contribution is 5.76. The molecule has 0 aliphatic heterocycles. The first-order chi connectivity index (χ1) is 8.04. The van der Waals surface area contributed by atoms with Crippen LogP contribution in [0.25, 0.3) is 11.1 Å². The minimum Gasteiger partial charge on any atom is -0.505 e. The van der Waals surface area contributed by atoms with E-state index in [0.29, 0.717) is 17.1 Å². The van der Waals surface area contributed by atoms with Gasteiger partial charge in [0, 0.05) is 24.2 Å². The normalized spacial score (nSPS) is 10.5. The summed E-state index contributed by atoms with van der Waals surface area (Å²) in [5, 5.41) is 13.4. The van der Waals surface area contributed by atoms with Gasteiger partial charge in [-0.15, -0.1) is 0 Å².